The zero-order valence-corrected chi connectivity index (χ0v) is 24.4. The number of hydrogen-bond donors (Lipinski definition) is 4. The summed E-state index contributed by atoms with van der Waals surface area (Å²) in [6.07, 6.45) is 3.12. The number of carbonyl (C=O) groups excluding carboxylic acids is 2. The molecule has 0 radical (unpaired) electrons. The minimum Gasteiger partial charge on any atom is -0.480 e. The smallest absolute Gasteiger partial charge is 0.317 e. The van der Waals surface area contributed by atoms with Crippen molar-refractivity contribution in [3.63, 3.8) is 0 Å². The number of carbonyl (C=O) groups is 3. The van der Waals surface area contributed by atoms with Crippen LogP contribution in [0, 0.1) is 18.8 Å². The molecule has 0 spiro atoms. The van der Waals surface area contributed by atoms with Gasteiger partial charge in [-0.15, -0.1) is 0 Å². The minimum atomic E-state index is -3.14. The summed E-state index contributed by atoms with van der Waals surface area (Å²) in [6, 6.07) is 18.8. The Morgan fingerprint density at radius 1 is 0.977 bits per heavy atom. The Balaban J connectivity index is 1.49. The summed E-state index contributed by atoms with van der Waals surface area (Å²) in [7, 11) is -1.43. The van der Waals surface area contributed by atoms with Crippen LogP contribution in [0.3, 0.4) is 0 Å². The van der Waals surface area contributed by atoms with E-state index in [0.717, 1.165) is 5.69 Å². The Labute approximate surface area is 249 Å². The Kier molecular flexibility index (Phi) is 10.1. The zero-order chi connectivity index (χ0) is 30.8. The molecule has 220 valence electrons. The lowest BCUT2D eigenvalue weighted by Gasteiger charge is -2.14. The second kappa shape index (κ2) is 14.1. The number of benzene rings is 2. The number of nitrogens with zero attached hydrogens (tertiary/aromatic N) is 3. The maximum absolute atomic E-state index is 13.9. The van der Waals surface area contributed by atoms with Gasteiger partial charge in [-0.05, 0) is 67.7 Å². The third-order valence-corrected chi connectivity index (χ3v) is 8.16. The molecule has 43 heavy (non-hydrogen) atoms. The molecule has 2 amide bonds. The molecule has 4 rings (SSSR count). The predicted molar refractivity (Wildman–Crippen MR) is 164 cm³/mol. The summed E-state index contributed by atoms with van der Waals surface area (Å²) in [5, 5.41) is 20.0. The van der Waals surface area contributed by atoms with Crippen molar-refractivity contribution in [2.45, 2.75) is 18.2 Å². The van der Waals surface area contributed by atoms with Gasteiger partial charge in [0.05, 0.1) is 27.5 Å². The largest absolute Gasteiger partial charge is 0.480 e. The van der Waals surface area contributed by atoms with E-state index >= 15 is 0 Å². The first-order chi connectivity index (χ1) is 20.6. The van der Waals surface area contributed by atoms with E-state index in [1.807, 2.05) is 6.92 Å². The number of aryl methyl sites for hydroxylation is 2. The number of nitrogens with one attached hydrogen (secondary N) is 3. The van der Waals surface area contributed by atoms with Crippen LogP contribution < -0.4 is 15.4 Å². The van der Waals surface area contributed by atoms with E-state index in [4.69, 9.17) is 5.11 Å². The van der Waals surface area contributed by atoms with Gasteiger partial charge in [0.25, 0.3) is 11.8 Å². The van der Waals surface area contributed by atoms with E-state index in [1.54, 1.807) is 73.8 Å². The third-order valence-electron chi connectivity index (χ3n) is 5.99. The summed E-state index contributed by atoms with van der Waals surface area (Å²) < 4.78 is 18.0. The van der Waals surface area contributed by atoms with E-state index < -0.39 is 21.6 Å². The third kappa shape index (κ3) is 8.62. The highest BCUT2D eigenvalue weighted by Crippen LogP contribution is 2.14. The normalized spacial score (nSPS) is 11.9. The molecule has 11 nitrogen and oxygen atoms in total. The van der Waals surface area contributed by atoms with Gasteiger partial charge in [0.2, 0.25) is 0 Å². The van der Waals surface area contributed by atoms with Crippen LogP contribution >= 0.6 is 0 Å². The molecule has 0 aliphatic carbocycles. The van der Waals surface area contributed by atoms with Gasteiger partial charge in [-0.1, -0.05) is 36.1 Å². The van der Waals surface area contributed by atoms with Crippen LogP contribution in [0.2, 0.25) is 0 Å². The summed E-state index contributed by atoms with van der Waals surface area (Å²) in [5.74, 6) is 4.10. The van der Waals surface area contributed by atoms with E-state index in [9.17, 15) is 18.6 Å². The van der Waals surface area contributed by atoms with E-state index in [2.05, 4.69) is 37.3 Å². The molecule has 2 aromatic carbocycles. The van der Waals surface area contributed by atoms with Crippen molar-refractivity contribution >= 4 is 38.5 Å². The Hall–Kier alpha value is -5.25. The predicted octanol–water partition coefficient (Wildman–Crippen LogP) is 2.63. The maximum atomic E-state index is 13.9. The van der Waals surface area contributed by atoms with Gasteiger partial charge in [-0.25, -0.2) is 4.21 Å². The molecule has 0 aliphatic heterocycles. The average Bonchev–Trinajstić information content (AvgIpc) is 3.34. The Bertz CT molecular complexity index is 1830. The second-order valence-electron chi connectivity index (χ2n) is 9.41. The highest BCUT2D eigenvalue weighted by molar-refractivity contribution is 8.00. The second-order valence-corrected chi connectivity index (χ2v) is 11.6. The van der Waals surface area contributed by atoms with Crippen molar-refractivity contribution < 1.29 is 23.7 Å². The standard InChI is InChI=1S/C31H30N6O5S/c1-22-16-28(37(2)35-22)31(41)34-26-9-6-8-23(18-26)12-13-24-17-25(20-33-19-24)30(40)36-43(42,27-10-4-3-5-11-27)15-7-14-32-21-29(38)39/h3-6,8-11,15-20,32H,7,14,21H2,1-2H3,(H,34,41)(H,38,39)(H,36,40,42). The number of rotatable bonds is 10. The van der Waals surface area contributed by atoms with Crippen molar-refractivity contribution in [1.29, 1.82) is 0 Å². The Morgan fingerprint density at radius 3 is 2.47 bits per heavy atom. The van der Waals surface area contributed by atoms with Gasteiger partial charge < -0.3 is 15.7 Å². The van der Waals surface area contributed by atoms with E-state index in [-0.39, 0.29) is 31.0 Å². The van der Waals surface area contributed by atoms with Crippen LogP contribution in [-0.2, 0) is 21.5 Å². The molecule has 0 bridgehead atoms. The molecule has 0 fully saturated rings. The fourth-order valence-electron chi connectivity index (χ4n) is 4.01. The molecule has 2 heterocycles. The molecule has 1 atom stereocenters. The molecular formula is C31H30N6O5S. The van der Waals surface area contributed by atoms with Crippen LogP contribution in [0.5, 0.6) is 0 Å². The number of pyridine rings is 1. The van der Waals surface area contributed by atoms with Crippen LogP contribution in [0.4, 0.5) is 5.69 Å². The van der Waals surface area contributed by atoms with Gasteiger partial charge in [0.15, 0.2) is 0 Å². The molecule has 0 aliphatic rings. The van der Waals surface area contributed by atoms with Crippen molar-refractivity contribution in [3.05, 3.63) is 107 Å². The van der Waals surface area contributed by atoms with Crippen molar-refractivity contribution in [2.75, 3.05) is 18.4 Å². The minimum absolute atomic E-state index is 0.167. The quantitative estimate of drug-likeness (QED) is 0.123. The number of aromatic nitrogens is 3. The SMILES string of the molecule is Cc1cc(C(=O)Nc2cccc(C#Cc3cncc(C(=O)NS(=O)(=CCCNCC(=O)O)c4ccccc4)c3)c2)n(C)n1. The van der Waals surface area contributed by atoms with Crippen molar-refractivity contribution in [1.82, 2.24) is 24.8 Å². The summed E-state index contributed by atoms with van der Waals surface area (Å²) in [4.78, 5) is 41.1. The molecule has 1 unspecified atom stereocenters. The highest BCUT2D eigenvalue weighted by Gasteiger charge is 2.16. The molecule has 0 saturated heterocycles. The molecule has 4 aromatic rings. The molecule has 4 N–H and O–H groups in total. The first-order valence-electron chi connectivity index (χ1n) is 13.2. The number of carboxylic acids is 1. The topological polar surface area (TPSA) is 155 Å². The van der Waals surface area contributed by atoms with Crippen LogP contribution in [0.25, 0.3) is 0 Å². The van der Waals surface area contributed by atoms with Gasteiger partial charge in [-0.3, -0.25) is 28.8 Å². The summed E-state index contributed by atoms with van der Waals surface area (Å²) in [6.45, 7) is 1.86. The summed E-state index contributed by atoms with van der Waals surface area (Å²) >= 11 is 0. The van der Waals surface area contributed by atoms with Gasteiger partial charge >= 0.3 is 5.97 Å². The first-order valence-corrected chi connectivity index (χ1v) is 14.8. The van der Waals surface area contributed by atoms with Crippen molar-refractivity contribution in [3.8, 4) is 11.8 Å². The van der Waals surface area contributed by atoms with E-state index in [0.29, 0.717) is 27.4 Å². The molecular weight excluding hydrogens is 568 g/mol. The fraction of sp³-hybridized carbons (Fsp3) is 0.161. The first kappa shape index (κ1) is 30.7. The van der Waals surface area contributed by atoms with Crippen LogP contribution in [-0.4, -0.2) is 60.3 Å². The van der Waals surface area contributed by atoms with E-state index in [1.165, 1.54) is 22.4 Å². The van der Waals surface area contributed by atoms with Crippen molar-refractivity contribution in [2.24, 2.45) is 7.05 Å². The van der Waals surface area contributed by atoms with Gasteiger partial charge in [0.1, 0.15) is 5.69 Å². The van der Waals surface area contributed by atoms with Crippen LogP contribution in [0.1, 0.15) is 44.1 Å². The number of hydrogen-bond acceptors (Lipinski definition) is 7. The Morgan fingerprint density at radius 2 is 1.74 bits per heavy atom. The molecule has 2 aromatic heterocycles. The number of amides is 2. The molecule has 0 saturated carbocycles. The monoisotopic (exact) mass is 598 g/mol. The average molecular weight is 599 g/mol. The fourth-order valence-corrected chi connectivity index (χ4v) is 5.81. The van der Waals surface area contributed by atoms with Gasteiger partial charge in [0, 0.05) is 41.2 Å². The lowest BCUT2D eigenvalue weighted by molar-refractivity contribution is -0.135. The van der Waals surface area contributed by atoms with Crippen LogP contribution in [0.15, 0.2) is 84.0 Å². The van der Waals surface area contributed by atoms with Gasteiger partial charge in [-0.2, -0.15) is 5.10 Å². The lowest BCUT2D eigenvalue weighted by atomic mass is 10.1. The highest BCUT2D eigenvalue weighted by atomic mass is 32.2. The number of aliphatic carboxylic acids is 1. The summed E-state index contributed by atoms with van der Waals surface area (Å²) in [5.41, 5.74) is 2.99. The number of anilines is 1. The lowest BCUT2D eigenvalue weighted by Crippen LogP contribution is -2.33. The number of carboxylic acid groups (broad SMARTS) is 1. The molecule has 12 heteroatoms. The maximum Gasteiger partial charge on any atom is 0.317 e. The zero-order valence-electron chi connectivity index (χ0n) is 23.5.